The molecule has 1 aliphatic rings. The van der Waals surface area contributed by atoms with Gasteiger partial charge in [-0.2, -0.15) is 0 Å². The third-order valence-electron chi connectivity index (χ3n) is 4.49. The van der Waals surface area contributed by atoms with Crippen LogP contribution >= 0.6 is 11.3 Å². The van der Waals surface area contributed by atoms with Gasteiger partial charge in [-0.1, -0.05) is 0 Å². The van der Waals surface area contributed by atoms with Gasteiger partial charge in [-0.15, -0.1) is 21.5 Å². The minimum atomic E-state index is -0.141. The zero-order chi connectivity index (χ0) is 17.8. The smallest absolute Gasteiger partial charge is 0.246 e. The van der Waals surface area contributed by atoms with Crippen LogP contribution in [0.5, 0.6) is 0 Å². The Kier molecular flexibility index (Phi) is 5.62. The molecule has 2 aromatic heterocycles. The fourth-order valence-corrected chi connectivity index (χ4v) is 3.88. The molecule has 1 fully saturated rings. The number of nitrogens with zero attached hydrogens (tertiary/aromatic N) is 4. The van der Waals surface area contributed by atoms with Crippen molar-refractivity contribution in [2.75, 3.05) is 13.1 Å². The first-order chi connectivity index (χ1) is 12.1. The van der Waals surface area contributed by atoms with Gasteiger partial charge in [-0.3, -0.25) is 4.79 Å². The van der Waals surface area contributed by atoms with E-state index >= 15 is 0 Å². The topological polar surface area (TPSA) is 91.5 Å². The van der Waals surface area contributed by atoms with E-state index in [1.807, 2.05) is 28.0 Å². The summed E-state index contributed by atoms with van der Waals surface area (Å²) in [6.07, 6.45) is 5.25. The summed E-state index contributed by atoms with van der Waals surface area (Å²) in [6, 6.07) is 1.88. The van der Waals surface area contributed by atoms with Crippen LogP contribution in [-0.4, -0.2) is 48.9 Å². The molecule has 0 bridgehead atoms. The Morgan fingerprint density at radius 1 is 1.40 bits per heavy atom. The number of piperidine rings is 1. The third kappa shape index (κ3) is 3.97. The minimum absolute atomic E-state index is 0.0135. The Morgan fingerprint density at radius 3 is 2.92 bits per heavy atom. The van der Waals surface area contributed by atoms with Crippen LogP contribution in [0.15, 0.2) is 17.5 Å². The van der Waals surface area contributed by atoms with Gasteiger partial charge in [0.15, 0.2) is 5.82 Å². The summed E-state index contributed by atoms with van der Waals surface area (Å²) in [5, 5.41) is 28.4. The van der Waals surface area contributed by atoms with E-state index in [1.165, 1.54) is 11.3 Å². The summed E-state index contributed by atoms with van der Waals surface area (Å²) in [5.41, 5.74) is 0.858. The van der Waals surface area contributed by atoms with Gasteiger partial charge in [0, 0.05) is 37.0 Å². The van der Waals surface area contributed by atoms with Gasteiger partial charge in [-0.25, -0.2) is 0 Å². The molecule has 3 heterocycles. The first kappa shape index (κ1) is 17.8. The zero-order valence-corrected chi connectivity index (χ0v) is 14.9. The molecule has 2 aromatic rings. The van der Waals surface area contributed by atoms with Crippen LogP contribution in [0.2, 0.25) is 0 Å². The Balaban J connectivity index is 1.66. The Labute approximate surface area is 150 Å². The van der Waals surface area contributed by atoms with Gasteiger partial charge < -0.3 is 19.7 Å². The Bertz CT molecular complexity index is 768. The predicted octanol–water partition coefficient (Wildman–Crippen LogP) is 1.28. The summed E-state index contributed by atoms with van der Waals surface area (Å²) in [5.74, 6) is 1.46. The lowest BCUT2D eigenvalue weighted by Crippen LogP contribution is -2.38. The van der Waals surface area contributed by atoms with Crippen molar-refractivity contribution in [2.24, 2.45) is 7.05 Å². The molecule has 1 aliphatic heterocycles. The van der Waals surface area contributed by atoms with Crippen LogP contribution in [0.4, 0.5) is 0 Å². The van der Waals surface area contributed by atoms with E-state index in [0.29, 0.717) is 12.4 Å². The number of carbonyl (C=O) groups is 1. The van der Waals surface area contributed by atoms with Crippen LogP contribution in [0.3, 0.4) is 0 Å². The average Bonchev–Trinajstić information content (AvgIpc) is 3.25. The van der Waals surface area contributed by atoms with Crippen LogP contribution < -0.4 is 0 Å². The van der Waals surface area contributed by atoms with Crippen molar-refractivity contribution in [1.82, 2.24) is 19.7 Å². The summed E-state index contributed by atoms with van der Waals surface area (Å²) >= 11 is 1.50. The number of carbonyl (C=O) groups excluding carboxylic acids is 1. The molecule has 0 spiro atoms. The van der Waals surface area contributed by atoms with Gasteiger partial charge in [0.1, 0.15) is 12.4 Å². The Morgan fingerprint density at radius 2 is 2.24 bits per heavy atom. The summed E-state index contributed by atoms with van der Waals surface area (Å²) < 4.78 is 1.82. The molecule has 0 aromatic carbocycles. The van der Waals surface area contributed by atoms with Crippen molar-refractivity contribution in [3.63, 3.8) is 0 Å². The molecule has 1 unspecified atom stereocenters. The van der Waals surface area contributed by atoms with Crippen molar-refractivity contribution in [2.45, 2.75) is 32.0 Å². The van der Waals surface area contributed by atoms with E-state index < -0.39 is 0 Å². The summed E-state index contributed by atoms with van der Waals surface area (Å²) in [6.45, 7) is 1.21. The molecule has 0 saturated carbocycles. The highest BCUT2D eigenvalue weighted by Crippen LogP contribution is 2.26. The maximum atomic E-state index is 12.5. The van der Waals surface area contributed by atoms with Crippen molar-refractivity contribution in [3.05, 3.63) is 39.6 Å². The van der Waals surface area contributed by atoms with E-state index in [2.05, 4.69) is 10.2 Å². The molecule has 3 rings (SSSR count). The van der Waals surface area contributed by atoms with Gasteiger partial charge in [0.25, 0.3) is 0 Å². The van der Waals surface area contributed by atoms with E-state index in [9.17, 15) is 9.90 Å². The summed E-state index contributed by atoms with van der Waals surface area (Å²) in [7, 11) is 1.84. The Hall–Kier alpha value is -2.03. The molecule has 0 aliphatic carbocycles. The molecule has 0 radical (unpaired) electrons. The van der Waals surface area contributed by atoms with Crippen molar-refractivity contribution in [1.29, 1.82) is 0 Å². The monoisotopic (exact) mass is 362 g/mol. The quantitative estimate of drug-likeness (QED) is 0.782. The van der Waals surface area contributed by atoms with Gasteiger partial charge in [-0.05, 0) is 35.9 Å². The second-order valence-corrected chi connectivity index (χ2v) is 7.11. The number of hydrogen-bond acceptors (Lipinski definition) is 6. The number of thiophene rings is 1. The molecule has 1 saturated heterocycles. The highest BCUT2D eigenvalue weighted by atomic mass is 32.1. The molecule has 8 heteroatoms. The molecule has 2 N–H and O–H groups in total. The standard InChI is InChI=1S/C17H22N4O3S/c1-20-15(10-23)18-19-17(20)13-3-2-6-21(8-13)16(24)5-4-14-7-12(9-22)11-25-14/h4-5,7,11,13,22-23H,2-3,6,8-10H2,1H3. The van der Waals surface area contributed by atoms with Crippen LogP contribution in [0, 0.1) is 0 Å². The second kappa shape index (κ2) is 7.90. The lowest BCUT2D eigenvalue weighted by molar-refractivity contribution is -0.127. The van der Waals surface area contributed by atoms with Gasteiger partial charge in [0.2, 0.25) is 5.91 Å². The van der Waals surface area contributed by atoms with Crippen molar-refractivity contribution >= 4 is 23.3 Å². The number of hydrogen-bond donors (Lipinski definition) is 2. The van der Waals surface area contributed by atoms with E-state index in [4.69, 9.17) is 5.11 Å². The lowest BCUT2D eigenvalue weighted by atomic mass is 9.97. The minimum Gasteiger partial charge on any atom is -0.392 e. The fraction of sp³-hybridized carbons (Fsp3) is 0.471. The average molecular weight is 362 g/mol. The normalized spacial score (nSPS) is 18.2. The maximum Gasteiger partial charge on any atom is 0.246 e. The summed E-state index contributed by atoms with van der Waals surface area (Å²) in [4.78, 5) is 15.3. The molecule has 1 atom stereocenters. The molecular formula is C17H22N4O3S. The first-order valence-electron chi connectivity index (χ1n) is 8.26. The lowest BCUT2D eigenvalue weighted by Gasteiger charge is -2.31. The number of rotatable bonds is 5. The zero-order valence-electron chi connectivity index (χ0n) is 14.1. The SMILES string of the molecule is Cn1c(CO)nnc1C1CCCN(C(=O)C=Cc2cc(CO)cs2)C1. The number of aliphatic hydroxyl groups is 2. The first-order valence-corrected chi connectivity index (χ1v) is 9.14. The molecule has 25 heavy (non-hydrogen) atoms. The highest BCUT2D eigenvalue weighted by Gasteiger charge is 2.27. The molecular weight excluding hydrogens is 340 g/mol. The van der Waals surface area contributed by atoms with Crippen LogP contribution in [0.1, 0.15) is 40.8 Å². The van der Waals surface area contributed by atoms with E-state index in [1.54, 1.807) is 12.2 Å². The molecule has 7 nitrogen and oxygen atoms in total. The van der Waals surface area contributed by atoms with Crippen LogP contribution in [0.25, 0.3) is 6.08 Å². The number of amides is 1. The van der Waals surface area contributed by atoms with Gasteiger partial charge in [0.05, 0.1) is 6.61 Å². The highest BCUT2D eigenvalue weighted by molar-refractivity contribution is 7.11. The predicted molar refractivity (Wildman–Crippen MR) is 94.8 cm³/mol. The fourth-order valence-electron chi connectivity index (χ4n) is 3.08. The van der Waals surface area contributed by atoms with E-state index in [-0.39, 0.29) is 25.0 Å². The number of aliphatic hydroxyl groups excluding tert-OH is 2. The third-order valence-corrected chi connectivity index (χ3v) is 5.43. The van der Waals surface area contributed by atoms with Gasteiger partial charge >= 0.3 is 0 Å². The van der Waals surface area contributed by atoms with E-state index in [0.717, 1.165) is 35.7 Å². The maximum absolute atomic E-state index is 12.5. The van der Waals surface area contributed by atoms with Crippen LogP contribution in [-0.2, 0) is 25.1 Å². The van der Waals surface area contributed by atoms with Crippen molar-refractivity contribution in [3.8, 4) is 0 Å². The number of aromatic nitrogens is 3. The number of likely N-dealkylation sites (tertiary alicyclic amines) is 1. The molecule has 1 amide bonds. The van der Waals surface area contributed by atoms with Crippen molar-refractivity contribution < 1.29 is 15.0 Å². The second-order valence-electron chi connectivity index (χ2n) is 6.16. The molecule has 134 valence electrons. The largest absolute Gasteiger partial charge is 0.392 e.